The van der Waals surface area contributed by atoms with Crippen LogP contribution in [-0.2, 0) is 22.5 Å². The second kappa shape index (κ2) is 7.68. The van der Waals surface area contributed by atoms with Gasteiger partial charge >= 0.3 is 0 Å². The minimum absolute atomic E-state index is 0.219. The van der Waals surface area contributed by atoms with Crippen molar-refractivity contribution in [1.29, 1.82) is 0 Å². The van der Waals surface area contributed by atoms with Gasteiger partial charge in [0.1, 0.15) is 5.75 Å². The Morgan fingerprint density at radius 1 is 0.950 bits per heavy atom. The molecule has 0 aliphatic carbocycles. The van der Waals surface area contributed by atoms with Crippen LogP contribution in [-0.4, -0.2) is 18.5 Å². The lowest BCUT2D eigenvalue weighted by molar-refractivity contribution is -0.134. The van der Waals surface area contributed by atoms with E-state index in [2.05, 4.69) is 0 Å². The Bertz CT molecular complexity index is 493. The van der Waals surface area contributed by atoms with Gasteiger partial charge in [-0.25, -0.2) is 0 Å². The monoisotopic (exact) mass is 272 g/mol. The minimum atomic E-state index is -0.219. The third kappa shape index (κ3) is 4.68. The molecule has 0 heterocycles. The fraction of sp³-hybridized carbons (Fsp3) is 0.294. The van der Waals surface area contributed by atoms with E-state index in [4.69, 9.17) is 9.47 Å². The number of rotatable bonds is 7. The molecule has 0 saturated heterocycles. The number of aromatic hydroxyl groups is 1. The molecule has 1 unspecified atom stereocenters. The lowest BCUT2D eigenvalue weighted by Crippen LogP contribution is -2.16. The van der Waals surface area contributed by atoms with Crippen molar-refractivity contribution in [2.45, 2.75) is 25.7 Å². The van der Waals surface area contributed by atoms with Gasteiger partial charge in [0.25, 0.3) is 0 Å². The molecule has 3 nitrogen and oxygen atoms in total. The van der Waals surface area contributed by atoms with E-state index in [1.807, 2.05) is 42.5 Å². The molecule has 0 aliphatic rings. The highest BCUT2D eigenvalue weighted by molar-refractivity contribution is 5.25. The Labute approximate surface area is 119 Å². The highest BCUT2D eigenvalue weighted by Crippen LogP contribution is 2.14. The molecular formula is C17H20O3. The number of hydrogen-bond donors (Lipinski definition) is 1. The molecule has 0 amide bonds. The third-order valence-corrected chi connectivity index (χ3v) is 3.15. The van der Waals surface area contributed by atoms with Crippen molar-refractivity contribution in [3.8, 4) is 5.75 Å². The molecule has 0 radical (unpaired) electrons. The summed E-state index contributed by atoms with van der Waals surface area (Å²) >= 11 is 0. The van der Waals surface area contributed by atoms with Crippen LogP contribution in [0.1, 0.15) is 17.5 Å². The summed E-state index contributed by atoms with van der Waals surface area (Å²) in [5.74, 6) is 0.289. The molecule has 0 saturated carbocycles. The quantitative estimate of drug-likeness (QED) is 0.784. The van der Waals surface area contributed by atoms with Gasteiger partial charge in [0, 0.05) is 13.5 Å². The van der Waals surface area contributed by atoms with E-state index < -0.39 is 0 Å². The van der Waals surface area contributed by atoms with Crippen LogP contribution >= 0.6 is 0 Å². The van der Waals surface area contributed by atoms with E-state index in [1.165, 1.54) is 0 Å². The summed E-state index contributed by atoms with van der Waals surface area (Å²) in [6, 6.07) is 17.3. The molecule has 0 bridgehead atoms. The lowest BCUT2D eigenvalue weighted by Gasteiger charge is -2.16. The maximum atomic E-state index is 9.24. The standard InChI is InChI=1S/C17H20O3/c1-19-17(20-13-15-5-3-2-4-6-15)12-9-14-7-10-16(18)11-8-14/h2-8,10-11,17-18H,9,12-13H2,1H3. The maximum Gasteiger partial charge on any atom is 0.157 e. The van der Waals surface area contributed by atoms with Crippen LogP contribution in [0.15, 0.2) is 54.6 Å². The summed E-state index contributed by atoms with van der Waals surface area (Å²) in [6.45, 7) is 0.551. The van der Waals surface area contributed by atoms with Gasteiger partial charge in [-0.05, 0) is 29.7 Å². The van der Waals surface area contributed by atoms with E-state index in [-0.39, 0.29) is 12.0 Å². The van der Waals surface area contributed by atoms with Crippen molar-refractivity contribution < 1.29 is 14.6 Å². The molecule has 2 aromatic carbocycles. The smallest absolute Gasteiger partial charge is 0.157 e. The average molecular weight is 272 g/mol. The van der Waals surface area contributed by atoms with Crippen LogP contribution in [0.25, 0.3) is 0 Å². The van der Waals surface area contributed by atoms with Gasteiger partial charge in [0.05, 0.1) is 6.61 Å². The molecule has 0 fully saturated rings. The molecule has 2 aromatic rings. The molecule has 1 N–H and O–H groups in total. The number of aryl methyl sites for hydroxylation is 1. The predicted molar refractivity (Wildman–Crippen MR) is 78.5 cm³/mol. The van der Waals surface area contributed by atoms with Crippen molar-refractivity contribution in [1.82, 2.24) is 0 Å². The fourth-order valence-electron chi connectivity index (χ4n) is 1.98. The SMILES string of the molecule is COC(CCc1ccc(O)cc1)OCc1ccccc1. The zero-order valence-electron chi connectivity index (χ0n) is 11.7. The van der Waals surface area contributed by atoms with Crippen LogP contribution < -0.4 is 0 Å². The molecule has 0 spiro atoms. The molecule has 106 valence electrons. The Morgan fingerprint density at radius 2 is 1.65 bits per heavy atom. The van der Waals surface area contributed by atoms with Crippen LogP contribution in [0.4, 0.5) is 0 Å². The summed E-state index contributed by atoms with van der Waals surface area (Å²) in [5, 5.41) is 9.24. The minimum Gasteiger partial charge on any atom is -0.508 e. The first-order chi connectivity index (χ1) is 9.78. The summed E-state index contributed by atoms with van der Waals surface area (Å²) in [7, 11) is 1.66. The van der Waals surface area contributed by atoms with Crippen molar-refractivity contribution in [3.05, 3.63) is 65.7 Å². The molecule has 20 heavy (non-hydrogen) atoms. The van der Waals surface area contributed by atoms with Gasteiger partial charge in [-0.3, -0.25) is 0 Å². The van der Waals surface area contributed by atoms with E-state index in [0.29, 0.717) is 6.61 Å². The zero-order chi connectivity index (χ0) is 14.2. The van der Waals surface area contributed by atoms with Crippen molar-refractivity contribution >= 4 is 0 Å². The molecule has 0 aliphatic heterocycles. The topological polar surface area (TPSA) is 38.7 Å². The molecule has 1 atom stereocenters. The highest BCUT2D eigenvalue weighted by atomic mass is 16.7. The van der Waals surface area contributed by atoms with Gasteiger partial charge in [-0.15, -0.1) is 0 Å². The number of benzene rings is 2. The highest BCUT2D eigenvalue weighted by Gasteiger charge is 2.08. The summed E-state index contributed by atoms with van der Waals surface area (Å²) in [4.78, 5) is 0. The van der Waals surface area contributed by atoms with Crippen molar-refractivity contribution in [2.24, 2.45) is 0 Å². The Morgan fingerprint density at radius 3 is 2.30 bits per heavy atom. The van der Waals surface area contributed by atoms with Gasteiger partial charge in [-0.2, -0.15) is 0 Å². The first-order valence-electron chi connectivity index (χ1n) is 6.74. The number of phenolic OH excluding ortho intramolecular Hbond substituents is 1. The van der Waals surface area contributed by atoms with Crippen molar-refractivity contribution in [2.75, 3.05) is 7.11 Å². The summed E-state index contributed by atoms with van der Waals surface area (Å²) in [6.07, 6.45) is 1.42. The van der Waals surface area contributed by atoms with E-state index in [9.17, 15) is 5.11 Å². The summed E-state index contributed by atoms with van der Waals surface area (Å²) in [5.41, 5.74) is 2.30. The first kappa shape index (κ1) is 14.6. The molecule has 0 aromatic heterocycles. The van der Waals surface area contributed by atoms with E-state index in [1.54, 1.807) is 19.2 Å². The molecule has 2 rings (SSSR count). The number of phenols is 1. The van der Waals surface area contributed by atoms with Crippen LogP contribution in [0, 0.1) is 0 Å². The summed E-state index contributed by atoms with van der Waals surface area (Å²) < 4.78 is 11.1. The number of hydrogen-bond acceptors (Lipinski definition) is 3. The van der Waals surface area contributed by atoms with E-state index >= 15 is 0 Å². The van der Waals surface area contributed by atoms with Crippen LogP contribution in [0.5, 0.6) is 5.75 Å². The Kier molecular flexibility index (Phi) is 5.59. The van der Waals surface area contributed by atoms with Crippen LogP contribution in [0.2, 0.25) is 0 Å². The third-order valence-electron chi connectivity index (χ3n) is 3.15. The maximum absolute atomic E-state index is 9.24. The number of methoxy groups -OCH3 is 1. The van der Waals surface area contributed by atoms with Gasteiger partial charge in [0.15, 0.2) is 6.29 Å². The average Bonchev–Trinajstić information content (AvgIpc) is 2.50. The van der Waals surface area contributed by atoms with E-state index in [0.717, 1.165) is 24.0 Å². The Hall–Kier alpha value is -1.84. The molecular weight excluding hydrogens is 252 g/mol. The predicted octanol–water partition coefficient (Wildman–Crippen LogP) is 3.51. The van der Waals surface area contributed by atoms with Gasteiger partial charge in [0.2, 0.25) is 0 Å². The first-order valence-corrected chi connectivity index (χ1v) is 6.74. The second-order valence-corrected chi connectivity index (χ2v) is 4.67. The largest absolute Gasteiger partial charge is 0.508 e. The Balaban J connectivity index is 1.79. The lowest BCUT2D eigenvalue weighted by atomic mass is 10.1. The van der Waals surface area contributed by atoms with Gasteiger partial charge in [-0.1, -0.05) is 42.5 Å². The molecule has 3 heteroatoms. The second-order valence-electron chi connectivity index (χ2n) is 4.67. The zero-order valence-corrected chi connectivity index (χ0v) is 11.7. The fourth-order valence-corrected chi connectivity index (χ4v) is 1.98. The van der Waals surface area contributed by atoms with Gasteiger partial charge < -0.3 is 14.6 Å². The van der Waals surface area contributed by atoms with Crippen LogP contribution in [0.3, 0.4) is 0 Å². The normalized spacial score (nSPS) is 12.2. The number of ether oxygens (including phenoxy) is 2. The van der Waals surface area contributed by atoms with Crippen molar-refractivity contribution in [3.63, 3.8) is 0 Å².